The van der Waals surface area contributed by atoms with Crippen molar-refractivity contribution in [3.8, 4) is 0 Å². The Morgan fingerprint density at radius 1 is 1.62 bits per heavy atom. The van der Waals surface area contributed by atoms with Gasteiger partial charge in [-0.2, -0.15) is 0 Å². The number of likely N-dealkylation sites (N-methyl/N-ethyl adjacent to an activating group) is 1. The predicted molar refractivity (Wildman–Crippen MR) is 66.7 cm³/mol. The number of ether oxygens (including phenoxy) is 1. The standard InChI is InChI=1S/C12H18N2OS/c1-9-14-10(8-16-9)7-11(13-2)12-5-3-4-6-15-12/h5,8,11,13H,3-4,6-7H2,1-2H3. The molecule has 3 nitrogen and oxygen atoms in total. The fourth-order valence-electron chi connectivity index (χ4n) is 1.88. The van der Waals surface area contributed by atoms with E-state index in [1.807, 2.05) is 14.0 Å². The van der Waals surface area contributed by atoms with Crippen LogP contribution in [0.4, 0.5) is 0 Å². The third-order valence-electron chi connectivity index (χ3n) is 2.73. The third kappa shape index (κ3) is 2.83. The smallest absolute Gasteiger partial charge is 0.109 e. The van der Waals surface area contributed by atoms with Crippen LogP contribution in [0.25, 0.3) is 0 Å². The van der Waals surface area contributed by atoms with E-state index in [0.29, 0.717) is 0 Å². The molecule has 88 valence electrons. The molecule has 0 fully saturated rings. The largest absolute Gasteiger partial charge is 0.497 e. The zero-order valence-electron chi connectivity index (χ0n) is 9.82. The summed E-state index contributed by atoms with van der Waals surface area (Å²) in [5.74, 6) is 1.08. The molecule has 1 atom stereocenters. The molecule has 0 aromatic carbocycles. The Kier molecular flexibility index (Phi) is 3.96. The van der Waals surface area contributed by atoms with Gasteiger partial charge in [0.1, 0.15) is 5.76 Å². The van der Waals surface area contributed by atoms with Crippen LogP contribution in [0.5, 0.6) is 0 Å². The predicted octanol–water partition coefficient (Wildman–Crippen LogP) is 2.28. The van der Waals surface area contributed by atoms with Crippen LogP contribution in [0.3, 0.4) is 0 Å². The van der Waals surface area contributed by atoms with Crippen LogP contribution in [-0.2, 0) is 11.2 Å². The lowest BCUT2D eigenvalue weighted by Gasteiger charge is -2.22. The molecule has 1 aromatic heterocycles. The first-order chi connectivity index (χ1) is 7.79. The normalized spacial score (nSPS) is 17.8. The van der Waals surface area contributed by atoms with Crippen molar-refractivity contribution in [2.75, 3.05) is 13.7 Å². The molecule has 2 rings (SSSR count). The Hall–Kier alpha value is -0.870. The van der Waals surface area contributed by atoms with E-state index in [1.54, 1.807) is 11.3 Å². The maximum absolute atomic E-state index is 5.68. The molecule has 0 aliphatic carbocycles. The van der Waals surface area contributed by atoms with Crippen LogP contribution < -0.4 is 5.32 Å². The van der Waals surface area contributed by atoms with Gasteiger partial charge in [-0.15, -0.1) is 11.3 Å². The quantitative estimate of drug-likeness (QED) is 0.874. The Labute approximate surface area is 101 Å². The minimum atomic E-state index is 0.266. The summed E-state index contributed by atoms with van der Waals surface area (Å²) in [4.78, 5) is 4.49. The molecule has 0 bridgehead atoms. The van der Waals surface area contributed by atoms with Gasteiger partial charge in [-0.1, -0.05) is 0 Å². The maximum atomic E-state index is 5.68. The molecule has 1 aliphatic heterocycles. The summed E-state index contributed by atoms with van der Waals surface area (Å²) in [6, 6.07) is 0.266. The highest BCUT2D eigenvalue weighted by molar-refractivity contribution is 7.09. The van der Waals surface area contributed by atoms with Gasteiger partial charge >= 0.3 is 0 Å². The van der Waals surface area contributed by atoms with E-state index in [9.17, 15) is 0 Å². The average Bonchev–Trinajstić information content (AvgIpc) is 2.73. The van der Waals surface area contributed by atoms with Crippen molar-refractivity contribution in [2.24, 2.45) is 0 Å². The second-order valence-electron chi connectivity index (χ2n) is 4.00. The van der Waals surface area contributed by atoms with E-state index >= 15 is 0 Å². The maximum Gasteiger partial charge on any atom is 0.109 e. The molecule has 1 unspecified atom stereocenters. The zero-order chi connectivity index (χ0) is 11.4. The summed E-state index contributed by atoms with van der Waals surface area (Å²) in [5, 5.41) is 6.56. The molecular formula is C12H18N2OS. The molecule has 1 aromatic rings. The Morgan fingerprint density at radius 2 is 2.50 bits per heavy atom. The summed E-state index contributed by atoms with van der Waals surface area (Å²) < 4.78 is 5.68. The Balaban J connectivity index is 2.02. The minimum Gasteiger partial charge on any atom is -0.497 e. The zero-order valence-corrected chi connectivity index (χ0v) is 10.6. The highest BCUT2D eigenvalue weighted by Crippen LogP contribution is 2.18. The molecule has 0 amide bonds. The molecule has 1 aliphatic rings. The van der Waals surface area contributed by atoms with Gasteiger partial charge in [-0.05, 0) is 32.9 Å². The second kappa shape index (κ2) is 5.46. The first kappa shape index (κ1) is 11.6. The first-order valence-corrected chi connectivity index (χ1v) is 6.58. The molecule has 4 heteroatoms. The van der Waals surface area contributed by atoms with E-state index in [1.165, 1.54) is 0 Å². The fraction of sp³-hybridized carbons (Fsp3) is 0.583. The van der Waals surface area contributed by atoms with Crippen molar-refractivity contribution in [3.05, 3.63) is 27.9 Å². The number of hydrogen-bond donors (Lipinski definition) is 1. The van der Waals surface area contributed by atoms with Crippen LogP contribution in [0.15, 0.2) is 17.2 Å². The lowest BCUT2D eigenvalue weighted by atomic mass is 10.1. The van der Waals surface area contributed by atoms with Crippen LogP contribution in [0, 0.1) is 6.92 Å². The molecule has 0 saturated heterocycles. The van der Waals surface area contributed by atoms with Gasteiger partial charge in [0.25, 0.3) is 0 Å². The molecule has 2 heterocycles. The van der Waals surface area contributed by atoms with Gasteiger partial charge < -0.3 is 10.1 Å². The van der Waals surface area contributed by atoms with Crippen molar-refractivity contribution >= 4 is 11.3 Å². The van der Waals surface area contributed by atoms with Gasteiger partial charge in [-0.25, -0.2) is 4.98 Å². The van der Waals surface area contributed by atoms with Crippen molar-refractivity contribution < 1.29 is 4.74 Å². The lowest BCUT2D eigenvalue weighted by Crippen LogP contribution is -2.32. The van der Waals surface area contributed by atoms with Gasteiger partial charge in [0.05, 0.1) is 23.4 Å². The molecule has 0 radical (unpaired) electrons. The monoisotopic (exact) mass is 238 g/mol. The number of hydrogen-bond acceptors (Lipinski definition) is 4. The summed E-state index contributed by atoms with van der Waals surface area (Å²) in [6.07, 6.45) is 5.37. The summed E-state index contributed by atoms with van der Waals surface area (Å²) in [5.41, 5.74) is 1.15. The van der Waals surface area contributed by atoms with Gasteiger partial charge in [-0.3, -0.25) is 0 Å². The van der Waals surface area contributed by atoms with Crippen molar-refractivity contribution in [1.82, 2.24) is 10.3 Å². The van der Waals surface area contributed by atoms with E-state index in [2.05, 4.69) is 21.8 Å². The summed E-state index contributed by atoms with van der Waals surface area (Å²) >= 11 is 1.70. The number of allylic oxidation sites excluding steroid dienone is 1. The Bertz CT molecular complexity index is 373. The SMILES string of the molecule is CNC(Cc1csc(C)n1)C1=CCCCO1. The number of aromatic nitrogens is 1. The molecule has 1 N–H and O–H groups in total. The highest BCUT2D eigenvalue weighted by Gasteiger charge is 2.17. The number of aryl methyl sites for hydroxylation is 1. The van der Waals surface area contributed by atoms with E-state index < -0.39 is 0 Å². The van der Waals surface area contributed by atoms with Gasteiger partial charge in [0.15, 0.2) is 0 Å². The van der Waals surface area contributed by atoms with E-state index in [4.69, 9.17) is 4.74 Å². The Morgan fingerprint density at radius 3 is 3.06 bits per heavy atom. The average molecular weight is 238 g/mol. The summed E-state index contributed by atoms with van der Waals surface area (Å²) in [6.45, 7) is 2.89. The van der Waals surface area contributed by atoms with Crippen LogP contribution in [0.1, 0.15) is 23.5 Å². The lowest BCUT2D eigenvalue weighted by molar-refractivity contribution is 0.169. The van der Waals surface area contributed by atoms with Gasteiger partial charge in [0.2, 0.25) is 0 Å². The molecule has 0 spiro atoms. The third-order valence-corrected chi connectivity index (χ3v) is 3.56. The highest BCUT2D eigenvalue weighted by atomic mass is 32.1. The molecular weight excluding hydrogens is 220 g/mol. The fourth-order valence-corrected chi connectivity index (χ4v) is 2.50. The van der Waals surface area contributed by atoms with Crippen LogP contribution >= 0.6 is 11.3 Å². The second-order valence-corrected chi connectivity index (χ2v) is 5.06. The van der Waals surface area contributed by atoms with Crippen molar-refractivity contribution in [3.63, 3.8) is 0 Å². The first-order valence-electron chi connectivity index (χ1n) is 5.70. The number of thiazole rings is 1. The summed E-state index contributed by atoms with van der Waals surface area (Å²) in [7, 11) is 1.97. The number of nitrogens with zero attached hydrogens (tertiary/aromatic N) is 1. The van der Waals surface area contributed by atoms with Crippen molar-refractivity contribution in [2.45, 2.75) is 32.2 Å². The number of nitrogens with one attached hydrogen (secondary N) is 1. The van der Waals surface area contributed by atoms with Crippen molar-refractivity contribution in [1.29, 1.82) is 0 Å². The van der Waals surface area contributed by atoms with Crippen LogP contribution in [-0.4, -0.2) is 24.7 Å². The number of rotatable bonds is 4. The minimum absolute atomic E-state index is 0.266. The van der Waals surface area contributed by atoms with E-state index in [0.717, 1.165) is 42.3 Å². The van der Waals surface area contributed by atoms with Gasteiger partial charge in [0, 0.05) is 11.8 Å². The van der Waals surface area contributed by atoms with E-state index in [-0.39, 0.29) is 6.04 Å². The topological polar surface area (TPSA) is 34.2 Å². The molecule has 0 saturated carbocycles. The van der Waals surface area contributed by atoms with Crippen LogP contribution in [0.2, 0.25) is 0 Å². The molecule has 16 heavy (non-hydrogen) atoms.